The van der Waals surface area contributed by atoms with Gasteiger partial charge in [0.05, 0.1) is 0 Å². The maximum absolute atomic E-state index is 11.3. The summed E-state index contributed by atoms with van der Waals surface area (Å²) in [6.07, 6.45) is 2.59. The Bertz CT molecular complexity index is 436. The fourth-order valence-electron chi connectivity index (χ4n) is 2.80. The van der Waals surface area contributed by atoms with Crippen molar-refractivity contribution in [1.82, 2.24) is 4.90 Å². The van der Waals surface area contributed by atoms with Gasteiger partial charge >= 0.3 is 5.97 Å². The molecule has 0 aromatic heterocycles. The van der Waals surface area contributed by atoms with Crippen LogP contribution in [0.5, 0.6) is 0 Å². The van der Waals surface area contributed by atoms with Gasteiger partial charge in [-0.15, -0.1) is 0 Å². The molecule has 1 aromatic carbocycles. The highest BCUT2D eigenvalue weighted by Crippen LogP contribution is 2.32. The molecule has 3 nitrogen and oxygen atoms in total. The van der Waals surface area contributed by atoms with Gasteiger partial charge < -0.3 is 5.11 Å². The molecular weight excluding hydrogens is 250 g/mol. The topological polar surface area (TPSA) is 40.5 Å². The van der Waals surface area contributed by atoms with Crippen molar-refractivity contribution in [1.29, 1.82) is 0 Å². The third-order valence-corrected chi connectivity index (χ3v) is 3.83. The molecule has 0 radical (unpaired) electrons. The first-order valence-electron chi connectivity index (χ1n) is 6.37. The van der Waals surface area contributed by atoms with Crippen molar-refractivity contribution < 1.29 is 9.90 Å². The molecule has 0 amide bonds. The first-order chi connectivity index (χ1) is 8.63. The Balaban J connectivity index is 2.25. The van der Waals surface area contributed by atoms with Crippen molar-refractivity contribution >= 4 is 17.6 Å². The molecule has 2 rings (SSSR count). The number of benzene rings is 1. The first kappa shape index (κ1) is 13.4. The minimum absolute atomic E-state index is 0.146. The van der Waals surface area contributed by atoms with Gasteiger partial charge in [0.1, 0.15) is 6.04 Å². The molecule has 2 atom stereocenters. The number of nitrogens with zero attached hydrogens (tertiary/aromatic N) is 1. The normalized spacial score (nSPS) is 22.0. The number of carbonyl (C=O) groups is 1. The summed E-state index contributed by atoms with van der Waals surface area (Å²) in [7, 11) is 0. The number of likely N-dealkylation sites (tertiary alicyclic amines) is 1. The molecule has 1 heterocycles. The van der Waals surface area contributed by atoms with Crippen LogP contribution in [0.1, 0.15) is 37.8 Å². The molecule has 1 aliphatic rings. The van der Waals surface area contributed by atoms with Crippen molar-refractivity contribution in [3.05, 3.63) is 34.9 Å². The lowest BCUT2D eigenvalue weighted by Gasteiger charge is -2.30. The van der Waals surface area contributed by atoms with Gasteiger partial charge in [-0.1, -0.05) is 30.7 Å². The SMILES string of the molecule is CCC(c1cccc(Cl)c1)N1CCCC1C(=O)O. The van der Waals surface area contributed by atoms with E-state index in [1.54, 1.807) is 0 Å². The van der Waals surface area contributed by atoms with E-state index in [1.807, 2.05) is 24.3 Å². The second-order valence-electron chi connectivity index (χ2n) is 4.71. The Hall–Kier alpha value is -1.06. The smallest absolute Gasteiger partial charge is 0.320 e. The lowest BCUT2D eigenvalue weighted by molar-refractivity contribution is -0.143. The van der Waals surface area contributed by atoms with Gasteiger partial charge in [0.25, 0.3) is 0 Å². The van der Waals surface area contributed by atoms with Crippen LogP contribution in [0, 0.1) is 0 Å². The van der Waals surface area contributed by atoms with Gasteiger partial charge in [0.15, 0.2) is 0 Å². The fourth-order valence-corrected chi connectivity index (χ4v) is 3.00. The Morgan fingerprint density at radius 3 is 3.00 bits per heavy atom. The molecule has 0 spiro atoms. The van der Waals surface area contributed by atoms with Crippen LogP contribution < -0.4 is 0 Å². The number of rotatable bonds is 4. The summed E-state index contributed by atoms with van der Waals surface area (Å²) in [6, 6.07) is 7.52. The summed E-state index contributed by atoms with van der Waals surface area (Å²) >= 11 is 6.02. The third-order valence-electron chi connectivity index (χ3n) is 3.60. The zero-order chi connectivity index (χ0) is 13.1. The monoisotopic (exact) mass is 267 g/mol. The van der Waals surface area contributed by atoms with Crippen molar-refractivity contribution in [2.24, 2.45) is 0 Å². The second-order valence-corrected chi connectivity index (χ2v) is 5.15. The average Bonchev–Trinajstić information content (AvgIpc) is 2.79. The van der Waals surface area contributed by atoms with Gasteiger partial charge in [-0.2, -0.15) is 0 Å². The van der Waals surface area contributed by atoms with Gasteiger partial charge in [-0.3, -0.25) is 9.69 Å². The molecule has 1 aromatic rings. The zero-order valence-corrected chi connectivity index (χ0v) is 11.2. The van der Waals surface area contributed by atoms with Crippen LogP contribution in [0.3, 0.4) is 0 Å². The van der Waals surface area contributed by atoms with Crippen LogP contribution in [0.15, 0.2) is 24.3 Å². The van der Waals surface area contributed by atoms with E-state index in [1.165, 1.54) is 0 Å². The lowest BCUT2D eigenvalue weighted by atomic mass is 10.0. The Labute approximate surface area is 112 Å². The molecule has 0 bridgehead atoms. The van der Waals surface area contributed by atoms with E-state index >= 15 is 0 Å². The van der Waals surface area contributed by atoms with Gasteiger partial charge in [-0.05, 0) is 43.5 Å². The van der Waals surface area contributed by atoms with Gasteiger partial charge in [-0.25, -0.2) is 0 Å². The van der Waals surface area contributed by atoms with Crippen molar-refractivity contribution in [2.45, 2.75) is 38.3 Å². The van der Waals surface area contributed by atoms with Crippen LogP contribution >= 0.6 is 11.6 Å². The average molecular weight is 268 g/mol. The summed E-state index contributed by atoms with van der Waals surface area (Å²) in [4.78, 5) is 13.4. The van der Waals surface area contributed by atoms with Crippen LogP contribution in [0.25, 0.3) is 0 Å². The maximum atomic E-state index is 11.3. The number of carboxylic acid groups (broad SMARTS) is 1. The van der Waals surface area contributed by atoms with Crippen molar-refractivity contribution in [2.75, 3.05) is 6.54 Å². The van der Waals surface area contributed by atoms with Crippen molar-refractivity contribution in [3.63, 3.8) is 0 Å². The molecule has 18 heavy (non-hydrogen) atoms. The minimum atomic E-state index is -0.715. The van der Waals surface area contributed by atoms with Crippen LogP contribution in [-0.4, -0.2) is 28.6 Å². The lowest BCUT2D eigenvalue weighted by Crippen LogP contribution is -2.38. The first-order valence-corrected chi connectivity index (χ1v) is 6.75. The van der Waals surface area contributed by atoms with E-state index < -0.39 is 5.97 Å². The number of halogens is 1. The predicted molar refractivity (Wildman–Crippen MR) is 71.8 cm³/mol. The van der Waals surface area contributed by atoms with E-state index in [-0.39, 0.29) is 12.1 Å². The highest BCUT2D eigenvalue weighted by atomic mass is 35.5. The summed E-state index contributed by atoms with van der Waals surface area (Å²) < 4.78 is 0. The number of hydrogen-bond acceptors (Lipinski definition) is 2. The molecule has 4 heteroatoms. The molecule has 1 fully saturated rings. The standard InChI is InChI=1S/C14H18ClNO2/c1-2-12(10-5-3-6-11(15)9-10)16-8-4-7-13(16)14(17)18/h3,5-6,9,12-13H,2,4,7-8H2,1H3,(H,17,18). The number of hydrogen-bond donors (Lipinski definition) is 1. The summed E-state index contributed by atoms with van der Waals surface area (Å²) in [5, 5.41) is 9.97. The predicted octanol–water partition coefficient (Wildman–Crippen LogP) is 3.34. The van der Waals surface area contributed by atoms with Crippen molar-refractivity contribution in [3.8, 4) is 0 Å². The molecule has 1 aliphatic heterocycles. The second kappa shape index (κ2) is 5.72. The Morgan fingerprint density at radius 1 is 1.61 bits per heavy atom. The Morgan fingerprint density at radius 2 is 2.39 bits per heavy atom. The quantitative estimate of drug-likeness (QED) is 0.910. The molecule has 0 saturated carbocycles. The molecular formula is C14H18ClNO2. The minimum Gasteiger partial charge on any atom is -0.480 e. The third kappa shape index (κ3) is 2.68. The zero-order valence-electron chi connectivity index (χ0n) is 10.5. The fraction of sp³-hybridized carbons (Fsp3) is 0.500. The summed E-state index contributed by atoms with van der Waals surface area (Å²) in [6.45, 7) is 2.94. The van der Waals surface area contributed by atoms with E-state index in [2.05, 4.69) is 11.8 Å². The Kier molecular flexibility index (Phi) is 4.25. The van der Waals surface area contributed by atoms with E-state index in [4.69, 9.17) is 11.6 Å². The van der Waals surface area contributed by atoms with E-state index in [0.717, 1.165) is 31.4 Å². The van der Waals surface area contributed by atoms with Crippen LogP contribution in [0.4, 0.5) is 0 Å². The highest BCUT2D eigenvalue weighted by molar-refractivity contribution is 6.30. The molecule has 1 saturated heterocycles. The maximum Gasteiger partial charge on any atom is 0.320 e. The number of carboxylic acids is 1. The largest absolute Gasteiger partial charge is 0.480 e. The van der Waals surface area contributed by atoms with Gasteiger partial charge in [0, 0.05) is 11.1 Å². The highest BCUT2D eigenvalue weighted by Gasteiger charge is 2.35. The molecule has 98 valence electrons. The molecule has 0 aliphatic carbocycles. The van der Waals surface area contributed by atoms with Crippen LogP contribution in [0.2, 0.25) is 5.02 Å². The van der Waals surface area contributed by atoms with Gasteiger partial charge in [0.2, 0.25) is 0 Å². The molecule has 1 N–H and O–H groups in total. The van der Waals surface area contributed by atoms with E-state index in [0.29, 0.717) is 5.02 Å². The van der Waals surface area contributed by atoms with Crippen LogP contribution in [-0.2, 0) is 4.79 Å². The number of aliphatic carboxylic acids is 1. The summed E-state index contributed by atoms with van der Waals surface area (Å²) in [5.41, 5.74) is 1.11. The summed E-state index contributed by atoms with van der Waals surface area (Å²) in [5.74, 6) is -0.715. The van der Waals surface area contributed by atoms with E-state index in [9.17, 15) is 9.90 Å². The molecule has 2 unspecified atom stereocenters.